The molecule has 0 bridgehead atoms. The van der Waals surface area contributed by atoms with Gasteiger partial charge in [0.15, 0.2) is 0 Å². The van der Waals surface area contributed by atoms with Crippen LogP contribution >= 0.6 is 0 Å². The van der Waals surface area contributed by atoms with Crippen molar-refractivity contribution in [2.24, 2.45) is 0 Å². The van der Waals surface area contributed by atoms with Crippen LogP contribution in [0.1, 0.15) is 13.3 Å². The van der Waals surface area contributed by atoms with Crippen molar-refractivity contribution < 1.29 is 9.84 Å². The molecule has 1 atom stereocenters. The third kappa shape index (κ3) is 2.97. The van der Waals surface area contributed by atoms with Gasteiger partial charge in [-0.05, 0) is 12.1 Å². The summed E-state index contributed by atoms with van der Waals surface area (Å²) in [5.74, 6) is -0.487. The van der Waals surface area contributed by atoms with E-state index in [1.807, 2.05) is 42.2 Å². The number of piperazine rings is 1. The molecule has 94 valence electrons. The molecule has 1 unspecified atom stereocenters. The summed E-state index contributed by atoms with van der Waals surface area (Å²) in [5.41, 5.74) is 0. The average Bonchev–Trinajstić information content (AvgIpc) is 2.41. The standard InChI is InChI=1S/C13H20N2O2/c1-2-13(16,15-10-8-14-9-11-15)17-12-6-4-3-5-7-12/h3-7,14,16H,2,8-11H2,1H3. The van der Waals surface area contributed by atoms with Gasteiger partial charge in [0.05, 0.1) is 0 Å². The quantitative estimate of drug-likeness (QED) is 0.766. The van der Waals surface area contributed by atoms with Crippen LogP contribution in [0.15, 0.2) is 30.3 Å². The van der Waals surface area contributed by atoms with Gasteiger partial charge < -0.3 is 15.2 Å². The van der Waals surface area contributed by atoms with Gasteiger partial charge in [-0.2, -0.15) is 0 Å². The SMILES string of the molecule is CCC(O)(Oc1ccccc1)N1CCNCC1. The number of nitrogens with zero attached hydrogens (tertiary/aromatic N) is 1. The summed E-state index contributed by atoms with van der Waals surface area (Å²) in [6.07, 6.45) is 0.544. The van der Waals surface area contributed by atoms with Crippen molar-refractivity contribution in [2.45, 2.75) is 19.3 Å². The highest BCUT2D eigenvalue weighted by atomic mass is 16.6. The van der Waals surface area contributed by atoms with E-state index in [0.717, 1.165) is 26.2 Å². The number of hydrogen-bond acceptors (Lipinski definition) is 4. The van der Waals surface area contributed by atoms with E-state index in [-0.39, 0.29) is 0 Å². The molecule has 1 aliphatic heterocycles. The van der Waals surface area contributed by atoms with Crippen molar-refractivity contribution in [1.29, 1.82) is 0 Å². The first-order valence-corrected chi connectivity index (χ1v) is 6.17. The summed E-state index contributed by atoms with van der Waals surface area (Å²) in [6, 6.07) is 9.47. The van der Waals surface area contributed by atoms with Crippen LogP contribution in [-0.2, 0) is 0 Å². The lowest BCUT2D eigenvalue weighted by atomic mass is 10.2. The number of para-hydroxylation sites is 1. The summed E-state index contributed by atoms with van der Waals surface area (Å²) < 4.78 is 5.74. The van der Waals surface area contributed by atoms with Crippen molar-refractivity contribution in [3.05, 3.63) is 30.3 Å². The third-order valence-corrected chi connectivity index (χ3v) is 3.10. The Morgan fingerprint density at radius 1 is 1.29 bits per heavy atom. The minimum atomic E-state index is -1.19. The van der Waals surface area contributed by atoms with E-state index in [0.29, 0.717) is 12.2 Å². The monoisotopic (exact) mass is 236 g/mol. The van der Waals surface area contributed by atoms with Gasteiger partial charge in [-0.15, -0.1) is 0 Å². The molecule has 0 spiro atoms. The topological polar surface area (TPSA) is 44.7 Å². The molecule has 4 heteroatoms. The highest BCUT2D eigenvalue weighted by Gasteiger charge is 2.35. The van der Waals surface area contributed by atoms with Crippen molar-refractivity contribution in [2.75, 3.05) is 26.2 Å². The Hall–Kier alpha value is -1.10. The number of ether oxygens (including phenoxy) is 1. The lowest BCUT2D eigenvalue weighted by Crippen LogP contribution is -2.59. The Morgan fingerprint density at radius 2 is 1.94 bits per heavy atom. The molecular weight excluding hydrogens is 216 g/mol. The second-order valence-electron chi connectivity index (χ2n) is 4.25. The summed E-state index contributed by atoms with van der Waals surface area (Å²) in [6.45, 7) is 5.32. The number of hydrogen-bond donors (Lipinski definition) is 2. The first-order valence-electron chi connectivity index (χ1n) is 6.17. The predicted molar refractivity (Wildman–Crippen MR) is 66.8 cm³/mol. The zero-order chi connectivity index (χ0) is 12.1. The molecule has 0 radical (unpaired) electrons. The third-order valence-electron chi connectivity index (χ3n) is 3.10. The fourth-order valence-electron chi connectivity index (χ4n) is 2.05. The lowest BCUT2D eigenvalue weighted by molar-refractivity contribution is -0.248. The van der Waals surface area contributed by atoms with Crippen LogP contribution in [-0.4, -0.2) is 42.1 Å². The smallest absolute Gasteiger partial charge is 0.270 e. The minimum absolute atomic E-state index is 0.544. The van der Waals surface area contributed by atoms with Crippen molar-refractivity contribution in [3.8, 4) is 5.75 Å². The molecule has 4 nitrogen and oxygen atoms in total. The molecule has 0 aromatic heterocycles. The van der Waals surface area contributed by atoms with E-state index < -0.39 is 5.91 Å². The second kappa shape index (κ2) is 5.49. The first kappa shape index (κ1) is 12.4. The van der Waals surface area contributed by atoms with E-state index >= 15 is 0 Å². The normalized spacial score (nSPS) is 20.8. The zero-order valence-corrected chi connectivity index (χ0v) is 10.2. The molecular formula is C13H20N2O2. The molecule has 0 aliphatic carbocycles. The van der Waals surface area contributed by atoms with Gasteiger partial charge in [0, 0.05) is 32.6 Å². The highest BCUT2D eigenvalue weighted by molar-refractivity contribution is 5.21. The van der Waals surface area contributed by atoms with Crippen LogP contribution in [0.25, 0.3) is 0 Å². The number of benzene rings is 1. The van der Waals surface area contributed by atoms with Crippen molar-refractivity contribution in [3.63, 3.8) is 0 Å². The van der Waals surface area contributed by atoms with Gasteiger partial charge in [0.25, 0.3) is 5.91 Å². The Morgan fingerprint density at radius 3 is 2.53 bits per heavy atom. The van der Waals surface area contributed by atoms with Crippen molar-refractivity contribution >= 4 is 0 Å². The van der Waals surface area contributed by atoms with Crippen LogP contribution in [0.2, 0.25) is 0 Å². The van der Waals surface area contributed by atoms with Crippen LogP contribution in [0, 0.1) is 0 Å². The lowest BCUT2D eigenvalue weighted by Gasteiger charge is -2.40. The Bertz CT molecular complexity index is 339. The Balaban J connectivity index is 2.07. The molecule has 2 N–H and O–H groups in total. The first-order chi connectivity index (χ1) is 8.24. The Labute approximate surface area is 102 Å². The second-order valence-corrected chi connectivity index (χ2v) is 4.25. The van der Waals surface area contributed by atoms with E-state index in [1.165, 1.54) is 0 Å². The number of nitrogens with one attached hydrogen (secondary N) is 1. The van der Waals surface area contributed by atoms with E-state index in [4.69, 9.17) is 4.74 Å². The molecule has 1 aromatic carbocycles. The maximum atomic E-state index is 10.6. The van der Waals surface area contributed by atoms with Crippen LogP contribution in [0.4, 0.5) is 0 Å². The van der Waals surface area contributed by atoms with Crippen LogP contribution in [0.3, 0.4) is 0 Å². The largest absolute Gasteiger partial charge is 0.449 e. The van der Waals surface area contributed by atoms with Gasteiger partial charge >= 0.3 is 0 Å². The zero-order valence-electron chi connectivity index (χ0n) is 10.2. The fraction of sp³-hybridized carbons (Fsp3) is 0.538. The van der Waals surface area contributed by atoms with Gasteiger partial charge in [0.2, 0.25) is 0 Å². The van der Waals surface area contributed by atoms with Gasteiger partial charge in [0.1, 0.15) is 5.75 Å². The van der Waals surface area contributed by atoms with Crippen LogP contribution < -0.4 is 10.1 Å². The van der Waals surface area contributed by atoms with E-state index in [1.54, 1.807) is 0 Å². The molecule has 1 aliphatic rings. The summed E-state index contributed by atoms with van der Waals surface area (Å²) in [4.78, 5) is 1.98. The Kier molecular flexibility index (Phi) is 3.99. The van der Waals surface area contributed by atoms with E-state index in [2.05, 4.69) is 5.32 Å². The summed E-state index contributed by atoms with van der Waals surface area (Å²) in [7, 11) is 0. The molecule has 1 aromatic rings. The molecule has 1 saturated heterocycles. The van der Waals surface area contributed by atoms with Gasteiger partial charge in [-0.1, -0.05) is 25.1 Å². The molecule has 1 fully saturated rings. The summed E-state index contributed by atoms with van der Waals surface area (Å²) in [5, 5.41) is 13.8. The molecule has 1 heterocycles. The number of rotatable bonds is 4. The highest BCUT2D eigenvalue weighted by Crippen LogP contribution is 2.22. The van der Waals surface area contributed by atoms with Gasteiger partial charge in [-0.25, -0.2) is 4.90 Å². The molecule has 0 saturated carbocycles. The average molecular weight is 236 g/mol. The minimum Gasteiger partial charge on any atom is -0.449 e. The summed E-state index contributed by atoms with van der Waals surface area (Å²) >= 11 is 0. The maximum absolute atomic E-state index is 10.6. The van der Waals surface area contributed by atoms with E-state index in [9.17, 15) is 5.11 Å². The number of aliphatic hydroxyl groups is 1. The predicted octanol–water partition coefficient (Wildman–Crippen LogP) is 1.03. The fourth-order valence-corrected chi connectivity index (χ4v) is 2.05. The molecule has 0 amide bonds. The van der Waals surface area contributed by atoms with Crippen LogP contribution in [0.5, 0.6) is 5.75 Å². The molecule has 17 heavy (non-hydrogen) atoms. The van der Waals surface area contributed by atoms with Crippen molar-refractivity contribution in [1.82, 2.24) is 10.2 Å². The molecule has 2 rings (SSSR count). The van der Waals surface area contributed by atoms with Gasteiger partial charge in [-0.3, -0.25) is 0 Å². The maximum Gasteiger partial charge on any atom is 0.270 e.